The van der Waals surface area contributed by atoms with Crippen LogP contribution in [0, 0.1) is 13.8 Å². The normalized spacial score (nSPS) is 14.6. The predicted molar refractivity (Wildman–Crippen MR) is 96.8 cm³/mol. The monoisotopic (exact) mass is 362 g/mol. The maximum Gasteiger partial charge on any atom is 0.266 e. The highest BCUT2D eigenvalue weighted by Crippen LogP contribution is 2.28. The molecule has 0 bridgehead atoms. The number of ether oxygens (including phenoxy) is 1. The Bertz CT molecular complexity index is 860. The standard InChI is InChI=1S/C17H22N4O3S/c1-12-10-14(24-3)15(11-13(12)2)25(22,23)20-16-6-7-17(19-18-16)21-8-4-5-9-21/h6-7,10-11H,4-5,8-9H2,1-3H3,(H,18,20). The number of rotatable bonds is 5. The summed E-state index contributed by atoms with van der Waals surface area (Å²) in [6.45, 7) is 5.68. The van der Waals surface area contributed by atoms with E-state index in [1.807, 2.05) is 13.8 Å². The molecule has 1 N–H and O–H groups in total. The molecule has 0 unspecified atom stereocenters. The van der Waals surface area contributed by atoms with Crippen LogP contribution in [0.4, 0.5) is 11.6 Å². The molecule has 1 aliphatic heterocycles. The van der Waals surface area contributed by atoms with Gasteiger partial charge in [0, 0.05) is 13.1 Å². The van der Waals surface area contributed by atoms with Crippen LogP contribution in [0.25, 0.3) is 0 Å². The van der Waals surface area contributed by atoms with E-state index in [2.05, 4.69) is 19.8 Å². The van der Waals surface area contributed by atoms with Gasteiger partial charge in [-0.15, -0.1) is 10.2 Å². The summed E-state index contributed by atoms with van der Waals surface area (Å²) in [5, 5.41) is 8.14. The van der Waals surface area contributed by atoms with E-state index in [1.165, 1.54) is 7.11 Å². The van der Waals surface area contributed by atoms with Crippen molar-refractivity contribution in [2.24, 2.45) is 0 Å². The fourth-order valence-electron chi connectivity index (χ4n) is 2.82. The summed E-state index contributed by atoms with van der Waals surface area (Å²) in [4.78, 5) is 2.22. The fraction of sp³-hybridized carbons (Fsp3) is 0.412. The molecule has 3 rings (SSSR count). The third-order valence-electron chi connectivity index (χ3n) is 4.39. The van der Waals surface area contributed by atoms with Crippen LogP contribution in [0.3, 0.4) is 0 Å². The Morgan fingerprint density at radius 1 is 1.08 bits per heavy atom. The van der Waals surface area contributed by atoms with Gasteiger partial charge in [0.1, 0.15) is 10.6 Å². The van der Waals surface area contributed by atoms with Crippen LogP contribution in [0.1, 0.15) is 24.0 Å². The summed E-state index contributed by atoms with van der Waals surface area (Å²) in [7, 11) is -2.37. The van der Waals surface area contributed by atoms with Crippen molar-refractivity contribution in [3.05, 3.63) is 35.4 Å². The highest BCUT2D eigenvalue weighted by atomic mass is 32.2. The van der Waals surface area contributed by atoms with Crippen molar-refractivity contribution in [3.63, 3.8) is 0 Å². The van der Waals surface area contributed by atoms with Crippen LogP contribution in [0.15, 0.2) is 29.2 Å². The van der Waals surface area contributed by atoms with Gasteiger partial charge in [-0.3, -0.25) is 4.72 Å². The number of nitrogens with one attached hydrogen (secondary N) is 1. The summed E-state index contributed by atoms with van der Waals surface area (Å²) in [5.41, 5.74) is 1.84. The van der Waals surface area contributed by atoms with E-state index >= 15 is 0 Å². The molecule has 0 aliphatic carbocycles. The Morgan fingerprint density at radius 3 is 2.36 bits per heavy atom. The van der Waals surface area contributed by atoms with Crippen LogP contribution in [0.2, 0.25) is 0 Å². The van der Waals surface area contributed by atoms with Gasteiger partial charge in [0.05, 0.1) is 7.11 Å². The minimum Gasteiger partial charge on any atom is -0.495 e. The number of hydrogen-bond donors (Lipinski definition) is 1. The average Bonchev–Trinajstić information content (AvgIpc) is 3.11. The zero-order valence-electron chi connectivity index (χ0n) is 14.6. The van der Waals surface area contributed by atoms with Crippen LogP contribution < -0.4 is 14.4 Å². The second kappa shape index (κ2) is 6.87. The van der Waals surface area contributed by atoms with E-state index in [0.717, 1.165) is 42.9 Å². The van der Waals surface area contributed by atoms with Crippen LogP contribution >= 0.6 is 0 Å². The Hall–Kier alpha value is -2.35. The van der Waals surface area contributed by atoms with Crippen LogP contribution in [-0.2, 0) is 10.0 Å². The van der Waals surface area contributed by atoms with Gasteiger partial charge < -0.3 is 9.64 Å². The number of aromatic nitrogens is 2. The van der Waals surface area contributed by atoms with Gasteiger partial charge in [0.25, 0.3) is 10.0 Å². The second-order valence-electron chi connectivity index (χ2n) is 6.16. The maximum atomic E-state index is 12.7. The lowest BCUT2D eigenvalue weighted by Crippen LogP contribution is -2.20. The molecule has 25 heavy (non-hydrogen) atoms. The van der Waals surface area contributed by atoms with Gasteiger partial charge in [-0.25, -0.2) is 8.42 Å². The van der Waals surface area contributed by atoms with E-state index in [4.69, 9.17) is 4.74 Å². The summed E-state index contributed by atoms with van der Waals surface area (Å²) < 4.78 is 33.1. The topological polar surface area (TPSA) is 84.4 Å². The summed E-state index contributed by atoms with van der Waals surface area (Å²) in [5.74, 6) is 1.25. The van der Waals surface area contributed by atoms with Gasteiger partial charge >= 0.3 is 0 Å². The molecular formula is C17H22N4O3S. The lowest BCUT2D eigenvalue weighted by atomic mass is 10.1. The van der Waals surface area contributed by atoms with Gasteiger partial charge in [-0.05, 0) is 62.1 Å². The fourth-order valence-corrected chi connectivity index (χ4v) is 4.05. The summed E-state index contributed by atoms with van der Waals surface area (Å²) in [6, 6.07) is 6.73. The summed E-state index contributed by atoms with van der Waals surface area (Å²) >= 11 is 0. The highest BCUT2D eigenvalue weighted by molar-refractivity contribution is 7.92. The second-order valence-corrected chi connectivity index (χ2v) is 7.81. The van der Waals surface area contributed by atoms with E-state index in [0.29, 0.717) is 5.75 Å². The van der Waals surface area contributed by atoms with Gasteiger partial charge in [-0.2, -0.15) is 0 Å². The molecule has 1 aliphatic rings. The molecule has 134 valence electrons. The average molecular weight is 362 g/mol. The first-order chi connectivity index (χ1) is 11.9. The number of sulfonamides is 1. The number of nitrogens with zero attached hydrogens (tertiary/aromatic N) is 3. The van der Waals surface area contributed by atoms with Crippen molar-refractivity contribution in [2.45, 2.75) is 31.6 Å². The summed E-state index contributed by atoms with van der Waals surface area (Å²) in [6.07, 6.45) is 2.28. The van der Waals surface area contributed by atoms with Crippen molar-refractivity contribution in [2.75, 3.05) is 29.8 Å². The first kappa shape index (κ1) is 17.5. The molecule has 1 aromatic heterocycles. The van der Waals surface area contributed by atoms with E-state index in [9.17, 15) is 8.42 Å². The van der Waals surface area contributed by atoms with E-state index < -0.39 is 10.0 Å². The first-order valence-corrected chi connectivity index (χ1v) is 9.66. The van der Waals surface area contributed by atoms with Crippen molar-refractivity contribution in [3.8, 4) is 5.75 Å². The van der Waals surface area contributed by atoms with Gasteiger partial charge in [0.15, 0.2) is 11.6 Å². The Labute approximate surface area is 148 Å². The van der Waals surface area contributed by atoms with Gasteiger partial charge in [0.2, 0.25) is 0 Å². The smallest absolute Gasteiger partial charge is 0.266 e. The molecule has 0 amide bonds. The molecule has 1 saturated heterocycles. The van der Waals surface area contributed by atoms with E-state index in [1.54, 1.807) is 24.3 Å². The Morgan fingerprint density at radius 2 is 1.76 bits per heavy atom. The van der Waals surface area contributed by atoms with Crippen LogP contribution in [-0.4, -0.2) is 38.8 Å². The lowest BCUT2D eigenvalue weighted by Gasteiger charge is -2.16. The molecule has 1 aromatic carbocycles. The predicted octanol–water partition coefficient (Wildman–Crippen LogP) is 2.50. The van der Waals surface area contributed by atoms with Crippen molar-refractivity contribution in [1.82, 2.24) is 10.2 Å². The third-order valence-corrected chi connectivity index (χ3v) is 5.76. The number of aryl methyl sites for hydroxylation is 2. The molecule has 1 fully saturated rings. The largest absolute Gasteiger partial charge is 0.495 e. The molecule has 0 radical (unpaired) electrons. The molecule has 2 aromatic rings. The Balaban J connectivity index is 1.85. The molecule has 0 atom stereocenters. The van der Waals surface area contributed by atoms with Crippen LogP contribution in [0.5, 0.6) is 5.75 Å². The highest BCUT2D eigenvalue weighted by Gasteiger charge is 2.22. The molecule has 0 saturated carbocycles. The number of methoxy groups -OCH3 is 1. The zero-order chi connectivity index (χ0) is 18.0. The Kier molecular flexibility index (Phi) is 4.80. The molecule has 0 spiro atoms. The van der Waals surface area contributed by atoms with Gasteiger partial charge in [-0.1, -0.05) is 0 Å². The molecule has 7 nitrogen and oxygen atoms in total. The third kappa shape index (κ3) is 3.68. The lowest BCUT2D eigenvalue weighted by molar-refractivity contribution is 0.402. The number of benzene rings is 1. The molecule has 8 heteroatoms. The first-order valence-electron chi connectivity index (χ1n) is 8.17. The van der Waals surface area contributed by atoms with E-state index in [-0.39, 0.29) is 10.7 Å². The van der Waals surface area contributed by atoms with Crippen molar-refractivity contribution in [1.29, 1.82) is 0 Å². The zero-order valence-corrected chi connectivity index (χ0v) is 15.4. The van der Waals surface area contributed by atoms with Crippen molar-refractivity contribution >= 4 is 21.7 Å². The molecule has 2 heterocycles. The minimum absolute atomic E-state index is 0.0866. The van der Waals surface area contributed by atoms with Crippen molar-refractivity contribution < 1.29 is 13.2 Å². The number of anilines is 2. The number of hydrogen-bond acceptors (Lipinski definition) is 6. The minimum atomic E-state index is -3.82. The SMILES string of the molecule is COc1cc(C)c(C)cc1S(=O)(=O)Nc1ccc(N2CCCC2)nn1. The maximum absolute atomic E-state index is 12.7. The quantitative estimate of drug-likeness (QED) is 0.880. The molecular weight excluding hydrogens is 340 g/mol.